The van der Waals surface area contributed by atoms with Gasteiger partial charge in [0.25, 0.3) is 0 Å². The van der Waals surface area contributed by atoms with Gasteiger partial charge in [0, 0.05) is 18.1 Å². The van der Waals surface area contributed by atoms with E-state index in [1.165, 1.54) is 0 Å². The molecule has 0 fully saturated rings. The standard InChI is InChI=1S/C9H11Cl2NOS/c1-6(2-3-13)14-9-8(11)4-7(10)5-12-9/h4-6,13H,2-3H2,1H3. The molecule has 0 aliphatic rings. The molecule has 0 aliphatic carbocycles. The monoisotopic (exact) mass is 251 g/mol. The van der Waals surface area contributed by atoms with Gasteiger partial charge in [-0.1, -0.05) is 30.1 Å². The average molecular weight is 252 g/mol. The first-order valence-electron chi connectivity index (χ1n) is 4.22. The third-order valence-corrected chi connectivity index (χ3v) is 3.42. The summed E-state index contributed by atoms with van der Waals surface area (Å²) >= 11 is 13.2. The van der Waals surface area contributed by atoms with Crippen LogP contribution in [-0.4, -0.2) is 21.9 Å². The van der Waals surface area contributed by atoms with Gasteiger partial charge >= 0.3 is 0 Å². The molecule has 14 heavy (non-hydrogen) atoms. The van der Waals surface area contributed by atoms with Gasteiger partial charge in [0.05, 0.1) is 10.0 Å². The topological polar surface area (TPSA) is 33.1 Å². The normalized spacial score (nSPS) is 12.9. The van der Waals surface area contributed by atoms with E-state index in [9.17, 15) is 0 Å². The van der Waals surface area contributed by atoms with Crippen LogP contribution in [0.15, 0.2) is 17.3 Å². The number of aliphatic hydroxyl groups excluding tert-OH is 1. The van der Waals surface area contributed by atoms with E-state index in [4.69, 9.17) is 28.3 Å². The Bertz CT molecular complexity index is 309. The summed E-state index contributed by atoms with van der Waals surface area (Å²) in [4.78, 5) is 4.12. The van der Waals surface area contributed by atoms with Gasteiger partial charge in [0.2, 0.25) is 0 Å². The number of halogens is 2. The maximum Gasteiger partial charge on any atom is 0.115 e. The van der Waals surface area contributed by atoms with Crippen LogP contribution in [0.3, 0.4) is 0 Å². The molecule has 1 N–H and O–H groups in total. The summed E-state index contributed by atoms with van der Waals surface area (Å²) in [5.74, 6) is 0. The van der Waals surface area contributed by atoms with Crippen molar-refractivity contribution in [3.8, 4) is 0 Å². The molecule has 1 rings (SSSR count). The third-order valence-electron chi connectivity index (χ3n) is 1.62. The first-order chi connectivity index (χ1) is 6.63. The number of hydrogen-bond donors (Lipinski definition) is 1. The molecule has 1 atom stereocenters. The second-order valence-electron chi connectivity index (χ2n) is 2.88. The fourth-order valence-corrected chi connectivity index (χ4v) is 2.32. The van der Waals surface area contributed by atoms with Crippen molar-refractivity contribution < 1.29 is 5.11 Å². The van der Waals surface area contributed by atoms with Gasteiger partial charge in [-0.05, 0) is 12.5 Å². The Morgan fingerprint density at radius 1 is 1.57 bits per heavy atom. The SMILES string of the molecule is CC(CCO)Sc1ncc(Cl)cc1Cl. The van der Waals surface area contributed by atoms with Crippen molar-refractivity contribution in [2.75, 3.05) is 6.61 Å². The lowest BCUT2D eigenvalue weighted by Gasteiger charge is -2.09. The molecule has 0 saturated heterocycles. The van der Waals surface area contributed by atoms with E-state index >= 15 is 0 Å². The van der Waals surface area contributed by atoms with Crippen molar-refractivity contribution in [1.29, 1.82) is 0 Å². The highest BCUT2D eigenvalue weighted by atomic mass is 35.5. The van der Waals surface area contributed by atoms with E-state index in [1.54, 1.807) is 24.0 Å². The molecular weight excluding hydrogens is 241 g/mol. The Morgan fingerprint density at radius 3 is 2.86 bits per heavy atom. The van der Waals surface area contributed by atoms with E-state index in [1.807, 2.05) is 6.92 Å². The molecule has 0 aromatic carbocycles. The highest BCUT2D eigenvalue weighted by molar-refractivity contribution is 7.99. The molecule has 78 valence electrons. The second kappa shape index (κ2) is 5.81. The van der Waals surface area contributed by atoms with Crippen LogP contribution >= 0.6 is 35.0 Å². The summed E-state index contributed by atoms with van der Waals surface area (Å²) in [5.41, 5.74) is 0. The molecule has 1 heterocycles. The number of rotatable bonds is 4. The highest BCUT2D eigenvalue weighted by Gasteiger charge is 2.08. The maximum atomic E-state index is 8.74. The smallest absolute Gasteiger partial charge is 0.115 e. The van der Waals surface area contributed by atoms with Gasteiger partial charge in [-0.15, -0.1) is 11.8 Å². The Balaban J connectivity index is 2.67. The summed E-state index contributed by atoms with van der Waals surface area (Å²) < 4.78 is 0. The van der Waals surface area contributed by atoms with Crippen LogP contribution in [0.4, 0.5) is 0 Å². The Labute approximate surface area is 97.6 Å². The summed E-state index contributed by atoms with van der Waals surface area (Å²) in [5, 5.41) is 10.9. The summed E-state index contributed by atoms with van der Waals surface area (Å²) in [6.07, 6.45) is 2.30. The van der Waals surface area contributed by atoms with Crippen LogP contribution in [0.5, 0.6) is 0 Å². The Morgan fingerprint density at radius 2 is 2.29 bits per heavy atom. The fraction of sp³-hybridized carbons (Fsp3) is 0.444. The van der Waals surface area contributed by atoms with E-state index < -0.39 is 0 Å². The van der Waals surface area contributed by atoms with Crippen molar-refractivity contribution in [1.82, 2.24) is 4.98 Å². The molecular formula is C9H11Cl2NOS. The minimum atomic E-state index is 0.180. The summed E-state index contributed by atoms with van der Waals surface area (Å²) in [6.45, 7) is 2.20. The second-order valence-corrected chi connectivity index (χ2v) is 5.15. The minimum absolute atomic E-state index is 0.180. The number of aromatic nitrogens is 1. The van der Waals surface area contributed by atoms with Gasteiger partial charge < -0.3 is 5.11 Å². The fourth-order valence-electron chi connectivity index (χ4n) is 0.920. The lowest BCUT2D eigenvalue weighted by atomic mass is 10.3. The average Bonchev–Trinajstić information content (AvgIpc) is 2.10. The largest absolute Gasteiger partial charge is 0.396 e. The van der Waals surface area contributed by atoms with Crippen LogP contribution in [0.25, 0.3) is 0 Å². The zero-order valence-corrected chi connectivity index (χ0v) is 10.0. The predicted molar refractivity (Wildman–Crippen MR) is 61.3 cm³/mol. The van der Waals surface area contributed by atoms with Crippen molar-refractivity contribution in [2.24, 2.45) is 0 Å². The van der Waals surface area contributed by atoms with E-state index in [0.717, 1.165) is 11.4 Å². The van der Waals surface area contributed by atoms with Gasteiger partial charge in [0.1, 0.15) is 5.03 Å². The van der Waals surface area contributed by atoms with Gasteiger partial charge in [-0.3, -0.25) is 0 Å². The molecule has 0 spiro atoms. The van der Waals surface area contributed by atoms with Crippen molar-refractivity contribution in [3.63, 3.8) is 0 Å². The van der Waals surface area contributed by atoms with E-state index in [2.05, 4.69) is 4.98 Å². The minimum Gasteiger partial charge on any atom is -0.396 e. The Hall–Kier alpha value is 0.0400. The zero-order chi connectivity index (χ0) is 10.6. The van der Waals surface area contributed by atoms with Crippen molar-refractivity contribution in [3.05, 3.63) is 22.3 Å². The molecule has 2 nitrogen and oxygen atoms in total. The maximum absolute atomic E-state index is 8.74. The molecule has 1 aromatic heterocycles. The van der Waals surface area contributed by atoms with Gasteiger partial charge in [-0.25, -0.2) is 4.98 Å². The first kappa shape index (κ1) is 12.1. The van der Waals surface area contributed by atoms with E-state index in [-0.39, 0.29) is 6.61 Å². The molecule has 0 saturated carbocycles. The molecule has 1 aromatic rings. The van der Waals surface area contributed by atoms with Gasteiger partial charge in [0.15, 0.2) is 0 Å². The number of pyridine rings is 1. The van der Waals surface area contributed by atoms with Crippen LogP contribution in [-0.2, 0) is 0 Å². The number of thioether (sulfide) groups is 1. The molecule has 5 heteroatoms. The zero-order valence-electron chi connectivity index (χ0n) is 7.70. The summed E-state index contributed by atoms with van der Waals surface area (Å²) in [7, 11) is 0. The van der Waals surface area contributed by atoms with Crippen molar-refractivity contribution >= 4 is 35.0 Å². The molecule has 0 aliphatic heterocycles. The van der Waals surface area contributed by atoms with E-state index in [0.29, 0.717) is 15.3 Å². The predicted octanol–water partition coefficient (Wildman–Crippen LogP) is 3.25. The highest BCUT2D eigenvalue weighted by Crippen LogP contribution is 2.30. The third kappa shape index (κ3) is 3.65. The number of aliphatic hydroxyl groups is 1. The Kier molecular flexibility index (Phi) is 5.02. The number of hydrogen-bond acceptors (Lipinski definition) is 3. The molecule has 0 amide bonds. The molecule has 1 unspecified atom stereocenters. The summed E-state index contributed by atoms with van der Waals surface area (Å²) in [6, 6.07) is 1.67. The van der Waals surface area contributed by atoms with Gasteiger partial charge in [-0.2, -0.15) is 0 Å². The van der Waals surface area contributed by atoms with Crippen LogP contribution < -0.4 is 0 Å². The van der Waals surface area contributed by atoms with Crippen molar-refractivity contribution in [2.45, 2.75) is 23.6 Å². The first-order valence-corrected chi connectivity index (χ1v) is 5.85. The lowest BCUT2D eigenvalue weighted by molar-refractivity contribution is 0.289. The van der Waals surface area contributed by atoms with Crippen LogP contribution in [0, 0.1) is 0 Å². The molecule has 0 bridgehead atoms. The van der Waals surface area contributed by atoms with Crippen LogP contribution in [0.1, 0.15) is 13.3 Å². The molecule has 0 radical (unpaired) electrons. The lowest BCUT2D eigenvalue weighted by Crippen LogP contribution is -1.99. The quantitative estimate of drug-likeness (QED) is 0.835. The number of nitrogens with zero attached hydrogens (tertiary/aromatic N) is 1. The van der Waals surface area contributed by atoms with Crippen LogP contribution in [0.2, 0.25) is 10.0 Å².